The zero-order valence-corrected chi connectivity index (χ0v) is 49.4. The second-order valence-electron chi connectivity index (χ2n) is 22.4. The summed E-state index contributed by atoms with van der Waals surface area (Å²) >= 11 is 0. The van der Waals surface area contributed by atoms with E-state index in [1.807, 2.05) is 0 Å². The van der Waals surface area contributed by atoms with E-state index in [1.54, 1.807) is 0 Å². The first kappa shape index (κ1) is 70.9. The van der Waals surface area contributed by atoms with Crippen molar-refractivity contribution in [2.45, 2.75) is 374 Å². The summed E-state index contributed by atoms with van der Waals surface area (Å²) in [6, 6.07) is 0. The first-order valence-corrected chi connectivity index (χ1v) is 32.8. The summed E-state index contributed by atoms with van der Waals surface area (Å²) in [5.41, 5.74) is 0. The van der Waals surface area contributed by atoms with Gasteiger partial charge in [0.2, 0.25) is 0 Å². The number of esters is 3. The van der Waals surface area contributed by atoms with Crippen LogP contribution in [0.2, 0.25) is 0 Å². The molecule has 1 atom stereocenters. The third-order valence-corrected chi connectivity index (χ3v) is 15.0. The normalized spacial score (nSPS) is 12.1. The van der Waals surface area contributed by atoms with E-state index < -0.39 is 6.10 Å². The Morgan fingerprint density at radius 2 is 0.493 bits per heavy atom. The molecule has 0 rings (SSSR count). The van der Waals surface area contributed by atoms with Crippen molar-refractivity contribution in [2.75, 3.05) is 13.2 Å². The second kappa shape index (κ2) is 62.4. The summed E-state index contributed by atoms with van der Waals surface area (Å²) in [5, 5.41) is 0. The third kappa shape index (κ3) is 60.6. The smallest absolute Gasteiger partial charge is 0.306 e. The van der Waals surface area contributed by atoms with E-state index >= 15 is 0 Å². The van der Waals surface area contributed by atoms with Crippen LogP contribution >= 0.6 is 0 Å². The van der Waals surface area contributed by atoms with E-state index in [9.17, 15) is 14.4 Å². The van der Waals surface area contributed by atoms with E-state index in [-0.39, 0.29) is 31.1 Å². The Balaban J connectivity index is 3.91. The molecule has 0 radical (unpaired) electrons. The molecular weight excluding hydrogens is 901 g/mol. The Bertz CT molecular complexity index is 1180. The number of hydrogen-bond acceptors (Lipinski definition) is 6. The molecule has 1 unspecified atom stereocenters. The molecule has 0 aromatic rings. The molecule has 0 spiro atoms. The minimum Gasteiger partial charge on any atom is -0.462 e. The number of rotatable bonds is 61. The molecule has 0 N–H and O–H groups in total. The fourth-order valence-corrected chi connectivity index (χ4v) is 10.0. The van der Waals surface area contributed by atoms with Gasteiger partial charge in [-0.1, -0.05) is 321 Å². The molecule has 0 heterocycles. The number of carbonyl (C=O) groups excluding carboxylic acids is 3. The van der Waals surface area contributed by atoms with Gasteiger partial charge in [-0.25, -0.2) is 0 Å². The second-order valence-corrected chi connectivity index (χ2v) is 22.4. The van der Waals surface area contributed by atoms with Gasteiger partial charge in [-0.15, -0.1) is 0 Å². The van der Waals surface area contributed by atoms with Crippen LogP contribution in [-0.4, -0.2) is 37.2 Å². The standard InChI is InChI=1S/C67H126O6/c1-4-7-10-13-15-17-19-21-23-25-27-28-29-30-31-32-33-34-35-36-37-38-40-41-43-45-47-49-51-54-57-60-66(69)72-63-64(62-71-65(68)59-56-53-12-9-6-3)73-67(70)61-58-55-52-50-48-46-44-42-39-26-24-22-20-18-16-14-11-8-5-2/h16,18,22,24,64H,4-15,17,19-21,23,25-63H2,1-3H3/b18-16-,24-22-. The predicted octanol–water partition coefficient (Wildman–Crippen LogP) is 22.2. The summed E-state index contributed by atoms with van der Waals surface area (Å²) in [5.74, 6) is -0.865. The fourth-order valence-electron chi connectivity index (χ4n) is 10.0. The van der Waals surface area contributed by atoms with Crippen molar-refractivity contribution in [1.29, 1.82) is 0 Å². The van der Waals surface area contributed by atoms with Crippen molar-refractivity contribution in [3.05, 3.63) is 24.3 Å². The maximum absolute atomic E-state index is 12.8. The number of allylic oxidation sites excluding steroid dienone is 4. The lowest BCUT2D eigenvalue weighted by Gasteiger charge is -2.18. The van der Waals surface area contributed by atoms with Crippen LogP contribution in [0.3, 0.4) is 0 Å². The Morgan fingerprint density at radius 3 is 0.781 bits per heavy atom. The van der Waals surface area contributed by atoms with Crippen molar-refractivity contribution in [3.63, 3.8) is 0 Å². The van der Waals surface area contributed by atoms with E-state index in [1.165, 1.54) is 257 Å². The zero-order chi connectivity index (χ0) is 52.9. The average molecular weight is 1030 g/mol. The molecule has 6 heteroatoms. The van der Waals surface area contributed by atoms with Crippen LogP contribution < -0.4 is 0 Å². The van der Waals surface area contributed by atoms with Crippen LogP contribution in [0.1, 0.15) is 367 Å². The minimum atomic E-state index is -0.767. The average Bonchev–Trinajstić information content (AvgIpc) is 3.39. The van der Waals surface area contributed by atoms with E-state index in [0.29, 0.717) is 19.3 Å². The Labute approximate surface area is 455 Å². The molecule has 0 aliphatic heterocycles. The minimum absolute atomic E-state index is 0.0687. The highest BCUT2D eigenvalue weighted by Crippen LogP contribution is 2.18. The van der Waals surface area contributed by atoms with Gasteiger partial charge in [0.1, 0.15) is 13.2 Å². The van der Waals surface area contributed by atoms with Gasteiger partial charge in [0.05, 0.1) is 0 Å². The molecule has 0 aromatic carbocycles. The van der Waals surface area contributed by atoms with E-state index in [2.05, 4.69) is 45.1 Å². The lowest BCUT2D eigenvalue weighted by atomic mass is 10.0. The molecule has 0 bridgehead atoms. The molecule has 73 heavy (non-hydrogen) atoms. The maximum atomic E-state index is 12.8. The largest absolute Gasteiger partial charge is 0.462 e. The van der Waals surface area contributed by atoms with Gasteiger partial charge in [-0.2, -0.15) is 0 Å². The Morgan fingerprint density at radius 1 is 0.274 bits per heavy atom. The van der Waals surface area contributed by atoms with Crippen molar-refractivity contribution in [2.24, 2.45) is 0 Å². The van der Waals surface area contributed by atoms with E-state index in [4.69, 9.17) is 14.2 Å². The molecule has 0 saturated heterocycles. The SMILES string of the molecule is CCCCC/C=C\C/C=C\CCCCCCCCCCCC(=O)OC(COC(=O)CCCCCCC)COC(=O)CCCCCCCCCCCCCCCCCCCCCCCCCCCCCCCCC. The molecule has 0 aliphatic carbocycles. The molecule has 0 fully saturated rings. The molecule has 430 valence electrons. The summed E-state index contributed by atoms with van der Waals surface area (Å²) in [6.45, 7) is 6.59. The highest BCUT2D eigenvalue weighted by molar-refractivity contribution is 5.71. The van der Waals surface area contributed by atoms with Crippen LogP contribution in [0, 0.1) is 0 Å². The lowest BCUT2D eigenvalue weighted by molar-refractivity contribution is -0.167. The molecule has 0 aliphatic rings. The highest BCUT2D eigenvalue weighted by Gasteiger charge is 2.19. The lowest BCUT2D eigenvalue weighted by Crippen LogP contribution is -2.30. The molecule has 0 amide bonds. The van der Waals surface area contributed by atoms with Crippen LogP contribution in [0.25, 0.3) is 0 Å². The van der Waals surface area contributed by atoms with E-state index in [0.717, 1.165) is 70.6 Å². The zero-order valence-electron chi connectivity index (χ0n) is 49.4. The molecule has 6 nitrogen and oxygen atoms in total. The summed E-state index contributed by atoms with van der Waals surface area (Å²) < 4.78 is 16.8. The fraction of sp³-hybridized carbons (Fsp3) is 0.896. The van der Waals surface area contributed by atoms with Gasteiger partial charge in [0.25, 0.3) is 0 Å². The monoisotopic (exact) mass is 1030 g/mol. The van der Waals surface area contributed by atoms with Crippen molar-refractivity contribution in [3.8, 4) is 0 Å². The predicted molar refractivity (Wildman–Crippen MR) is 316 cm³/mol. The summed E-state index contributed by atoms with van der Waals surface area (Å²) in [7, 11) is 0. The first-order valence-electron chi connectivity index (χ1n) is 32.8. The summed E-state index contributed by atoms with van der Waals surface area (Å²) in [6.07, 6.45) is 75.4. The Hall–Kier alpha value is -2.11. The van der Waals surface area contributed by atoms with Crippen LogP contribution in [-0.2, 0) is 28.6 Å². The van der Waals surface area contributed by atoms with Crippen molar-refractivity contribution in [1.82, 2.24) is 0 Å². The topological polar surface area (TPSA) is 78.9 Å². The number of hydrogen-bond donors (Lipinski definition) is 0. The first-order chi connectivity index (χ1) is 36.0. The molecular formula is C67H126O6. The van der Waals surface area contributed by atoms with Crippen LogP contribution in [0.5, 0.6) is 0 Å². The number of carbonyl (C=O) groups is 3. The quantitative estimate of drug-likeness (QED) is 0.0261. The maximum Gasteiger partial charge on any atom is 0.306 e. The van der Waals surface area contributed by atoms with Gasteiger partial charge in [-0.3, -0.25) is 14.4 Å². The molecule has 0 aromatic heterocycles. The van der Waals surface area contributed by atoms with Gasteiger partial charge in [0.15, 0.2) is 6.10 Å². The van der Waals surface area contributed by atoms with Crippen molar-refractivity contribution < 1.29 is 28.6 Å². The molecule has 0 saturated carbocycles. The van der Waals surface area contributed by atoms with Gasteiger partial charge < -0.3 is 14.2 Å². The summed E-state index contributed by atoms with van der Waals surface area (Å²) in [4.78, 5) is 37.9. The Kier molecular flexibility index (Phi) is 60.6. The van der Waals surface area contributed by atoms with Crippen LogP contribution in [0.4, 0.5) is 0 Å². The number of ether oxygens (including phenoxy) is 3. The van der Waals surface area contributed by atoms with Gasteiger partial charge in [-0.05, 0) is 51.4 Å². The number of unbranched alkanes of at least 4 members (excludes halogenated alkanes) is 46. The van der Waals surface area contributed by atoms with Crippen LogP contribution in [0.15, 0.2) is 24.3 Å². The van der Waals surface area contributed by atoms with Gasteiger partial charge >= 0.3 is 17.9 Å². The highest BCUT2D eigenvalue weighted by atomic mass is 16.6. The van der Waals surface area contributed by atoms with Gasteiger partial charge in [0, 0.05) is 19.3 Å². The third-order valence-electron chi connectivity index (χ3n) is 15.0. The van der Waals surface area contributed by atoms with Crippen molar-refractivity contribution >= 4 is 17.9 Å².